The molecule has 1 unspecified atom stereocenters. The fraction of sp³-hybridized carbons (Fsp3) is 0.333. The minimum Gasteiger partial charge on any atom is -0.494 e. The fourth-order valence-electron chi connectivity index (χ4n) is 4.81. The number of nitriles is 1. The normalized spacial score (nSPS) is 18.2. The molecule has 0 aromatic heterocycles. The average molecular weight is 498 g/mol. The number of benzene rings is 2. The third-order valence-corrected chi connectivity index (χ3v) is 6.25. The molecule has 36 heavy (non-hydrogen) atoms. The van der Waals surface area contributed by atoms with E-state index in [2.05, 4.69) is 6.07 Å². The third kappa shape index (κ3) is 4.51. The maximum atomic E-state index is 13.5. The smallest absolute Gasteiger partial charge is 0.416 e. The molecule has 0 bridgehead atoms. The first-order valence-electron chi connectivity index (χ1n) is 11.7. The first-order chi connectivity index (χ1) is 17.2. The van der Waals surface area contributed by atoms with Gasteiger partial charge in [0, 0.05) is 28.9 Å². The average Bonchev–Trinajstić information content (AvgIpc) is 2.84. The molecule has 0 fully saturated rings. The van der Waals surface area contributed by atoms with E-state index < -0.39 is 17.7 Å². The zero-order chi connectivity index (χ0) is 26.0. The highest BCUT2D eigenvalue weighted by atomic mass is 19.4. The fourth-order valence-corrected chi connectivity index (χ4v) is 4.81. The van der Waals surface area contributed by atoms with Gasteiger partial charge in [0.05, 0.1) is 36.3 Å². The van der Waals surface area contributed by atoms with E-state index in [1.54, 1.807) is 18.2 Å². The molecule has 1 heterocycles. The Hall–Kier alpha value is -3.93. The number of carbonyl (C=O) groups is 1. The van der Waals surface area contributed by atoms with Gasteiger partial charge in [-0.25, -0.2) is 0 Å². The second-order valence-corrected chi connectivity index (χ2v) is 8.43. The van der Waals surface area contributed by atoms with Crippen molar-refractivity contribution in [2.24, 2.45) is 5.73 Å². The van der Waals surface area contributed by atoms with Crippen molar-refractivity contribution in [3.8, 4) is 17.6 Å². The largest absolute Gasteiger partial charge is 0.494 e. The molecule has 2 N–H and O–H groups in total. The number of allylic oxidation sites excluding steroid dienone is 3. The molecule has 0 radical (unpaired) electrons. The number of hydrogen-bond acceptors (Lipinski definition) is 6. The van der Waals surface area contributed by atoms with Crippen LogP contribution in [0.4, 0.5) is 18.9 Å². The molecule has 1 aliphatic heterocycles. The van der Waals surface area contributed by atoms with Crippen LogP contribution < -0.4 is 20.1 Å². The van der Waals surface area contributed by atoms with Crippen molar-refractivity contribution in [2.45, 2.75) is 45.2 Å². The highest BCUT2D eigenvalue weighted by Gasteiger charge is 2.42. The van der Waals surface area contributed by atoms with Crippen LogP contribution in [0.2, 0.25) is 0 Å². The maximum Gasteiger partial charge on any atom is 0.416 e. The van der Waals surface area contributed by atoms with Crippen LogP contribution in [0.5, 0.6) is 11.5 Å². The number of carbonyl (C=O) groups excluding carboxylic acids is 1. The molecule has 0 saturated carbocycles. The maximum absolute atomic E-state index is 13.5. The van der Waals surface area contributed by atoms with Crippen molar-refractivity contribution < 1.29 is 27.4 Å². The molecule has 1 aliphatic carbocycles. The van der Waals surface area contributed by atoms with Gasteiger partial charge in [-0.1, -0.05) is 6.07 Å². The number of Topliss-reactive ketones (excluding diaryl/α,β-unsaturated/α-hetero) is 1. The molecule has 4 rings (SSSR count). The quantitative estimate of drug-likeness (QED) is 0.542. The lowest BCUT2D eigenvalue weighted by Gasteiger charge is -2.40. The minimum absolute atomic E-state index is 0.0143. The van der Waals surface area contributed by atoms with Gasteiger partial charge in [0.15, 0.2) is 5.78 Å². The number of ether oxygens (including phenoxy) is 2. The molecule has 2 aromatic carbocycles. The number of hydrogen-bond donors (Lipinski definition) is 1. The van der Waals surface area contributed by atoms with Crippen molar-refractivity contribution in [3.05, 3.63) is 76.3 Å². The van der Waals surface area contributed by atoms with E-state index in [9.17, 15) is 23.2 Å². The van der Waals surface area contributed by atoms with Crippen molar-refractivity contribution in [1.82, 2.24) is 0 Å². The number of halogens is 3. The molecule has 188 valence electrons. The SMILES string of the molecule is CCOc1ccc(OCC)c(C2C(C#N)=C(N)N(c3cccc(C(F)(F)F)c3)C3=C2C(=O)CCC3)c1. The van der Waals surface area contributed by atoms with E-state index in [0.717, 1.165) is 12.1 Å². The monoisotopic (exact) mass is 497 g/mol. The molecule has 0 amide bonds. The number of rotatable bonds is 6. The molecule has 0 spiro atoms. The van der Waals surface area contributed by atoms with Crippen LogP contribution in [0.25, 0.3) is 0 Å². The van der Waals surface area contributed by atoms with Gasteiger partial charge >= 0.3 is 6.18 Å². The Bertz CT molecular complexity index is 1290. The minimum atomic E-state index is -4.56. The van der Waals surface area contributed by atoms with Crippen molar-refractivity contribution in [3.63, 3.8) is 0 Å². The lowest BCUT2D eigenvalue weighted by molar-refractivity contribution is -0.137. The Morgan fingerprint density at radius 1 is 1.11 bits per heavy atom. The highest BCUT2D eigenvalue weighted by molar-refractivity contribution is 6.01. The zero-order valence-electron chi connectivity index (χ0n) is 20.0. The predicted octanol–water partition coefficient (Wildman–Crippen LogP) is 5.81. The molecule has 2 aromatic rings. The summed E-state index contributed by atoms with van der Waals surface area (Å²) >= 11 is 0. The summed E-state index contributed by atoms with van der Waals surface area (Å²) in [4.78, 5) is 14.8. The van der Waals surface area contributed by atoms with Crippen LogP contribution in [0.1, 0.15) is 50.2 Å². The summed E-state index contributed by atoms with van der Waals surface area (Å²) in [6.45, 7) is 4.43. The number of ketones is 1. The number of nitrogens with zero attached hydrogens (tertiary/aromatic N) is 2. The summed E-state index contributed by atoms with van der Waals surface area (Å²) in [6.07, 6.45) is -3.36. The summed E-state index contributed by atoms with van der Waals surface area (Å²) in [5.74, 6) is -0.00847. The first kappa shape index (κ1) is 25.2. The van der Waals surface area contributed by atoms with Gasteiger partial charge in [0.2, 0.25) is 0 Å². The van der Waals surface area contributed by atoms with Gasteiger partial charge in [0.25, 0.3) is 0 Å². The number of alkyl halides is 3. The number of anilines is 1. The van der Waals surface area contributed by atoms with Crippen molar-refractivity contribution in [1.29, 1.82) is 5.26 Å². The van der Waals surface area contributed by atoms with E-state index >= 15 is 0 Å². The Kier molecular flexibility index (Phi) is 6.97. The van der Waals surface area contributed by atoms with Crippen LogP contribution in [0.3, 0.4) is 0 Å². The van der Waals surface area contributed by atoms with Crippen LogP contribution in [0.15, 0.2) is 65.1 Å². The van der Waals surface area contributed by atoms with E-state index in [0.29, 0.717) is 54.4 Å². The molecule has 2 aliphatic rings. The summed E-state index contributed by atoms with van der Waals surface area (Å²) < 4.78 is 51.9. The standard InChI is InChI=1S/C27H26F3N3O3/c1-3-35-18-11-12-23(36-4-2)19(14-18)24-20(15-31)26(32)33(21-9-6-10-22(34)25(21)24)17-8-5-7-16(13-17)27(28,29)30/h5,7-8,11-14,24H,3-4,6,9-10,32H2,1-2H3. The molecular weight excluding hydrogens is 471 g/mol. The topological polar surface area (TPSA) is 88.6 Å². The van der Waals surface area contributed by atoms with E-state index in [4.69, 9.17) is 15.2 Å². The van der Waals surface area contributed by atoms with Gasteiger partial charge in [-0.15, -0.1) is 0 Å². The Morgan fingerprint density at radius 3 is 2.53 bits per heavy atom. The van der Waals surface area contributed by atoms with Crippen LogP contribution >= 0.6 is 0 Å². The zero-order valence-corrected chi connectivity index (χ0v) is 20.0. The van der Waals surface area contributed by atoms with E-state index in [1.165, 1.54) is 17.0 Å². The molecule has 9 heteroatoms. The first-order valence-corrected chi connectivity index (χ1v) is 11.7. The molecule has 0 saturated heterocycles. The Balaban J connectivity index is 1.97. The summed E-state index contributed by atoms with van der Waals surface area (Å²) in [5, 5.41) is 10.2. The van der Waals surface area contributed by atoms with Crippen LogP contribution in [-0.4, -0.2) is 19.0 Å². The highest BCUT2D eigenvalue weighted by Crippen LogP contribution is 2.49. The van der Waals surface area contributed by atoms with Gasteiger partial charge in [-0.3, -0.25) is 9.69 Å². The lowest BCUT2D eigenvalue weighted by Crippen LogP contribution is -2.39. The van der Waals surface area contributed by atoms with E-state index in [-0.39, 0.29) is 29.3 Å². The summed E-state index contributed by atoms with van der Waals surface area (Å²) in [5.41, 5.74) is 7.26. The molecule has 6 nitrogen and oxygen atoms in total. The van der Waals surface area contributed by atoms with Crippen molar-refractivity contribution >= 4 is 11.5 Å². The predicted molar refractivity (Wildman–Crippen MR) is 128 cm³/mol. The van der Waals surface area contributed by atoms with Gasteiger partial charge in [-0.2, -0.15) is 18.4 Å². The second-order valence-electron chi connectivity index (χ2n) is 8.43. The Labute approximate surface area is 207 Å². The third-order valence-electron chi connectivity index (χ3n) is 6.25. The van der Waals surface area contributed by atoms with Gasteiger partial charge in [0.1, 0.15) is 17.3 Å². The van der Waals surface area contributed by atoms with Crippen LogP contribution in [-0.2, 0) is 11.0 Å². The van der Waals surface area contributed by atoms with Gasteiger partial charge < -0.3 is 15.2 Å². The van der Waals surface area contributed by atoms with Crippen LogP contribution in [0, 0.1) is 11.3 Å². The van der Waals surface area contributed by atoms with E-state index in [1.807, 2.05) is 13.8 Å². The number of nitrogens with two attached hydrogens (primary N) is 1. The summed E-state index contributed by atoms with van der Waals surface area (Å²) in [7, 11) is 0. The van der Waals surface area contributed by atoms with Gasteiger partial charge in [-0.05, 0) is 63.1 Å². The second kappa shape index (κ2) is 9.97. The molecule has 1 atom stereocenters. The summed E-state index contributed by atoms with van der Waals surface area (Å²) in [6, 6.07) is 12.0. The Morgan fingerprint density at radius 2 is 1.86 bits per heavy atom. The molecular formula is C27H26F3N3O3. The van der Waals surface area contributed by atoms with Crippen molar-refractivity contribution in [2.75, 3.05) is 18.1 Å². The lowest BCUT2D eigenvalue weighted by atomic mass is 9.75.